The lowest BCUT2D eigenvalue weighted by Gasteiger charge is -2.18. The van der Waals surface area contributed by atoms with Crippen molar-refractivity contribution >= 4 is 15.5 Å². The quantitative estimate of drug-likeness (QED) is 0.864. The van der Waals surface area contributed by atoms with Crippen molar-refractivity contribution < 1.29 is 8.42 Å². The first kappa shape index (κ1) is 16.6. The number of sulfone groups is 1. The SMILES string of the molecule is CC1C[C@@H]2Nc3ccc(S(=O)(=O)c4ccccc4)cc3[C@@H]2CC(C)N1. The summed E-state index contributed by atoms with van der Waals surface area (Å²) in [4.78, 5) is 0.736. The molecule has 2 aromatic rings. The molecule has 2 heterocycles. The predicted molar refractivity (Wildman–Crippen MR) is 99.8 cm³/mol. The van der Waals surface area contributed by atoms with Crippen molar-refractivity contribution in [2.24, 2.45) is 0 Å². The summed E-state index contributed by atoms with van der Waals surface area (Å²) in [5, 5.41) is 7.22. The fraction of sp³-hybridized carbons (Fsp3) is 0.400. The molecule has 2 aromatic carbocycles. The van der Waals surface area contributed by atoms with Crippen molar-refractivity contribution in [3.05, 3.63) is 54.1 Å². The summed E-state index contributed by atoms with van der Waals surface area (Å²) in [6, 6.07) is 15.5. The second kappa shape index (κ2) is 6.15. The van der Waals surface area contributed by atoms with Crippen LogP contribution < -0.4 is 10.6 Å². The predicted octanol–water partition coefficient (Wildman–Crippen LogP) is 3.56. The molecule has 25 heavy (non-hydrogen) atoms. The monoisotopic (exact) mass is 356 g/mol. The minimum atomic E-state index is -3.48. The second-order valence-electron chi connectivity index (χ2n) is 7.36. The highest BCUT2D eigenvalue weighted by Gasteiger charge is 2.37. The Hall–Kier alpha value is -1.85. The van der Waals surface area contributed by atoms with Gasteiger partial charge in [-0.15, -0.1) is 0 Å². The molecule has 0 aromatic heterocycles. The highest BCUT2D eigenvalue weighted by Crippen LogP contribution is 2.43. The molecule has 0 saturated carbocycles. The zero-order valence-electron chi connectivity index (χ0n) is 14.6. The summed E-state index contributed by atoms with van der Waals surface area (Å²) in [6.45, 7) is 4.43. The van der Waals surface area contributed by atoms with Crippen LogP contribution in [0.5, 0.6) is 0 Å². The van der Waals surface area contributed by atoms with E-state index in [-0.39, 0.29) is 0 Å². The number of hydrogen-bond donors (Lipinski definition) is 2. The van der Waals surface area contributed by atoms with E-state index in [2.05, 4.69) is 24.5 Å². The Morgan fingerprint density at radius 1 is 0.920 bits per heavy atom. The molecule has 0 amide bonds. The maximum Gasteiger partial charge on any atom is 0.206 e. The standard InChI is InChI=1S/C20H24N2O2S/c1-13-10-17-18-12-16(25(23,24)15-6-4-3-5-7-15)8-9-19(18)22-20(17)11-14(2)21-13/h3-9,12-14,17,20-22H,10-11H2,1-2H3/t13?,14?,17-,20-/m0/s1. The second-order valence-corrected chi connectivity index (χ2v) is 9.31. The van der Waals surface area contributed by atoms with Crippen molar-refractivity contribution in [1.82, 2.24) is 5.32 Å². The van der Waals surface area contributed by atoms with Gasteiger partial charge in [0.25, 0.3) is 0 Å². The normalized spacial score (nSPS) is 28.6. The Morgan fingerprint density at radius 2 is 1.64 bits per heavy atom. The van der Waals surface area contributed by atoms with E-state index in [9.17, 15) is 8.42 Å². The number of hydrogen-bond acceptors (Lipinski definition) is 4. The Kier molecular flexibility index (Phi) is 4.08. The fourth-order valence-electron chi connectivity index (χ4n) is 4.30. The van der Waals surface area contributed by atoms with Crippen LogP contribution >= 0.6 is 0 Å². The van der Waals surface area contributed by atoms with Crippen molar-refractivity contribution in [2.75, 3.05) is 5.32 Å². The van der Waals surface area contributed by atoms with Gasteiger partial charge in [-0.25, -0.2) is 8.42 Å². The van der Waals surface area contributed by atoms with Crippen LogP contribution in [0.4, 0.5) is 5.69 Å². The topological polar surface area (TPSA) is 58.2 Å². The van der Waals surface area contributed by atoms with E-state index in [0.717, 1.165) is 24.1 Å². The number of anilines is 1. The number of rotatable bonds is 2. The molecule has 2 N–H and O–H groups in total. The molecule has 0 bridgehead atoms. The number of nitrogens with one attached hydrogen (secondary N) is 2. The molecule has 1 saturated heterocycles. The van der Waals surface area contributed by atoms with Gasteiger partial charge < -0.3 is 10.6 Å². The Labute approximate surface area is 149 Å². The maximum atomic E-state index is 12.9. The van der Waals surface area contributed by atoms with Gasteiger partial charge in [0.2, 0.25) is 9.84 Å². The van der Waals surface area contributed by atoms with Crippen LogP contribution in [0.2, 0.25) is 0 Å². The highest BCUT2D eigenvalue weighted by molar-refractivity contribution is 7.91. The lowest BCUT2D eigenvalue weighted by Crippen LogP contribution is -2.33. The molecule has 0 aliphatic carbocycles. The molecule has 2 aliphatic rings. The van der Waals surface area contributed by atoms with Crippen LogP contribution in [-0.2, 0) is 9.84 Å². The molecule has 2 aliphatic heterocycles. The molecule has 0 spiro atoms. The fourth-order valence-corrected chi connectivity index (χ4v) is 5.61. The van der Waals surface area contributed by atoms with E-state index in [0.29, 0.717) is 33.8 Å². The summed E-state index contributed by atoms with van der Waals surface area (Å²) in [7, 11) is -3.48. The van der Waals surface area contributed by atoms with Crippen LogP contribution in [0.15, 0.2) is 58.3 Å². The smallest absolute Gasteiger partial charge is 0.206 e. The summed E-state index contributed by atoms with van der Waals surface area (Å²) in [6.07, 6.45) is 2.06. The summed E-state index contributed by atoms with van der Waals surface area (Å²) in [5.41, 5.74) is 2.23. The highest BCUT2D eigenvalue weighted by atomic mass is 32.2. The van der Waals surface area contributed by atoms with Gasteiger partial charge in [0, 0.05) is 29.7 Å². The van der Waals surface area contributed by atoms with Gasteiger partial charge in [0.15, 0.2) is 0 Å². The van der Waals surface area contributed by atoms with E-state index >= 15 is 0 Å². The van der Waals surface area contributed by atoms with Crippen molar-refractivity contribution in [3.63, 3.8) is 0 Å². The van der Waals surface area contributed by atoms with E-state index in [1.807, 2.05) is 18.2 Å². The minimum Gasteiger partial charge on any atom is -0.381 e. The summed E-state index contributed by atoms with van der Waals surface area (Å²) in [5.74, 6) is 0.355. The van der Waals surface area contributed by atoms with Gasteiger partial charge in [0.1, 0.15) is 0 Å². The molecule has 5 heteroatoms. The van der Waals surface area contributed by atoms with Crippen molar-refractivity contribution in [3.8, 4) is 0 Å². The maximum absolute atomic E-state index is 12.9. The molecule has 4 rings (SSSR count). The molecule has 0 radical (unpaired) electrons. The van der Waals surface area contributed by atoms with E-state index in [4.69, 9.17) is 0 Å². The molecule has 1 fully saturated rings. The number of fused-ring (bicyclic) bond motifs is 3. The van der Waals surface area contributed by atoms with Crippen LogP contribution in [0.25, 0.3) is 0 Å². The summed E-state index contributed by atoms with van der Waals surface area (Å²) < 4.78 is 25.9. The molecular weight excluding hydrogens is 332 g/mol. The molecule has 4 nitrogen and oxygen atoms in total. The average Bonchev–Trinajstić information content (AvgIpc) is 2.84. The summed E-state index contributed by atoms with van der Waals surface area (Å²) >= 11 is 0. The van der Waals surface area contributed by atoms with E-state index in [1.54, 1.807) is 30.3 Å². The largest absolute Gasteiger partial charge is 0.381 e. The van der Waals surface area contributed by atoms with Crippen LogP contribution in [-0.4, -0.2) is 26.5 Å². The van der Waals surface area contributed by atoms with Crippen LogP contribution in [0.3, 0.4) is 0 Å². The first-order chi connectivity index (χ1) is 11.9. The zero-order valence-corrected chi connectivity index (χ0v) is 15.4. The minimum absolute atomic E-state index is 0.349. The lowest BCUT2D eigenvalue weighted by molar-refractivity contribution is 0.468. The average molecular weight is 356 g/mol. The van der Waals surface area contributed by atoms with Gasteiger partial charge in [-0.05, 0) is 62.6 Å². The number of benzene rings is 2. The van der Waals surface area contributed by atoms with Crippen LogP contribution in [0.1, 0.15) is 38.2 Å². The molecular formula is C20H24N2O2S. The van der Waals surface area contributed by atoms with Crippen molar-refractivity contribution in [2.45, 2.75) is 60.5 Å². The Morgan fingerprint density at radius 3 is 2.40 bits per heavy atom. The molecule has 132 valence electrons. The van der Waals surface area contributed by atoms with Crippen LogP contribution in [0, 0.1) is 0 Å². The third-order valence-corrected chi connectivity index (χ3v) is 7.16. The van der Waals surface area contributed by atoms with E-state index < -0.39 is 9.84 Å². The first-order valence-electron chi connectivity index (χ1n) is 8.92. The Balaban J connectivity index is 1.74. The van der Waals surface area contributed by atoms with Gasteiger partial charge in [-0.3, -0.25) is 0 Å². The third-order valence-electron chi connectivity index (χ3n) is 5.40. The van der Waals surface area contributed by atoms with Crippen molar-refractivity contribution in [1.29, 1.82) is 0 Å². The lowest BCUT2D eigenvalue weighted by atomic mass is 9.88. The van der Waals surface area contributed by atoms with Gasteiger partial charge in [0.05, 0.1) is 9.79 Å². The first-order valence-corrected chi connectivity index (χ1v) is 10.4. The molecule has 2 unspecified atom stereocenters. The third kappa shape index (κ3) is 2.96. The van der Waals surface area contributed by atoms with Gasteiger partial charge in [-0.1, -0.05) is 18.2 Å². The van der Waals surface area contributed by atoms with Gasteiger partial charge >= 0.3 is 0 Å². The molecule has 4 atom stereocenters. The Bertz CT molecular complexity index is 880. The van der Waals surface area contributed by atoms with Gasteiger partial charge in [-0.2, -0.15) is 0 Å². The van der Waals surface area contributed by atoms with E-state index in [1.165, 1.54) is 0 Å². The zero-order chi connectivity index (χ0) is 17.6.